The average Bonchev–Trinajstić information content (AvgIpc) is 2.92. The second kappa shape index (κ2) is 8.27. The summed E-state index contributed by atoms with van der Waals surface area (Å²) in [6.07, 6.45) is 11.5. The number of aryl methyl sites for hydroxylation is 1. The summed E-state index contributed by atoms with van der Waals surface area (Å²) in [7, 11) is 1.60. The predicted octanol–water partition coefficient (Wildman–Crippen LogP) is 2.42. The number of carbonyl (C=O) groups is 1. The Morgan fingerprint density at radius 1 is 1.26 bits per heavy atom. The van der Waals surface area contributed by atoms with Gasteiger partial charge in [0.2, 0.25) is 5.79 Å². The van der Waals surface area contributed by atoms with E-state index >= 15 is 0 Å². The van der Waals surface area contributed by atoms with Crippen LogP contribution in [0.5, 0.6) is 0 Å². The lowest BCUT2D eigenvalue weighted by molar-refractivity contribution is -0.285. The first-order chi connectivity index (χ1) is 12.9. The van der Waals surface area contributed by atoms with Gasteiger partial charge < -0.3 is 24.1 Å². The third kappa shape index (κ3) is 4.99. The summed E-state index contributed by atoms with van der Waals surface area (Å²) in [6.45, 7) is 1.92. The second-order valence-electron chi connectivity index (χ2n) is 7.54. The number of hydrogen-bond acceptors (Lipinski definition) is 5. The van der Waals surface area contributed by atoms with Crippen LogP contribution in [0.1, 0.15) is 57.6 Å². The summed E-state index contributed by atoms with van der Waals surface area (Å²) in [5.41, 5.74) is 0.921. The zero-order chi connectivity index (χ0) is 19.4. The highest BCUT2D eigenvalue weighted by molar-refractivity contribution is 5.82. The van der Waals surface area contributed by atoms with Gasteiger partial charge in [0.1, 0.15) is 6.10 Å². The molecule has 0 amide bonds. The first-order valence-corrected chi connectivity index (χ1v) is 9.55. The standard InChI is InChI=1S/C20H28N2O5/c1-14-8-6-4-3-5-7-9-15-11-16(26-18(23)10-14)12-20(25,27-15)17-13-22(2)19(24)21-17/h3-4,10,13,15-16,25H,5-9,11-12H2,1-2H3,(H,21,24)/b4-3-,14-10-/t15?,16-,20?/m1/s1. The van der Waals surface area contributed by atoms with Crippen LogP contribution in [-0.4, -0.2) is 32.8 Å². The van der Waals surface area contributed by atoms with E-state index in [9.17, 15) is 14.7 Å². The molecule has 2 aliphatic rings. The van der Waals surface area contributed by atoms with Crippen LogP contribution in [0.3, 0.4) is 0 Å². The largest absolute Gasteiger partial charge is 0.459 e. The minimum absolute atomic E-state index is 0.0853. The number of hydrogen-bond donors (Lipinski definition) is 2. The van der Waals surface area contributed by atoms with Crippen molar-refractivity contribution in [2.24, 2.45) is 7.05 Å². The van der Waals surface area contributed by atoms with Gasteiger partial charge in [-0.05, 0) is 39.0 Å². The third-order valence-corrected chi connectivity index (χ3v) is 5.11. The second-order valence-corrected chi connectivity index (χ2v) is 7.54. The highest BCUT2D eigenvalue weighted by Crippen LogP contribution is 2.37. The summed E-state index contributed by atoms with van der Waals surface area (Å²) in [4.78, 5) is 26.7. The van der Waals surface area contributed by atoms with E-state index in [1.54, 1.807) is 7.05 Å². The molecule has 7 heteroatoms. The number of aromatic nitrogens is 2. The molecule has 1 saturated heterocycles. The van der Waals surface area contributed by atoms with Crippen molar-refractivity contribution in [1.82, 2.24) is 9.55 Å². The molecular formula is C20H28N2O5. The number of ether oxygens (including phenoxy) is 2. The molecule has 0 radical (unpaired) electrons. The van der Waals surface area contributed by atoms with Crippen molar-refractivity contribution in [2.75, 3.05) is 0 Å². The molecule has 7 nitrogen and oxygen atoms in total. The Bertz CT molecular complexity index is 791. The minimum atomic E-state index is -1.68. The minimum Gasteiger partial charge on any atom is -0.459 e. The van der Waals surface area contributed by atoms with Crippen molar-refractivity contribution >= 4 is 5.97 Å². The molecule has 0 saturated carbocycles. The fourth-order valence-electron chi connectivity index (χ4n) is 3.67. The maximum atomic E-state index is 12.3. The van der Waals surface area contributed by atoms with E-state index in [1.807, 2.05) is 6.92 Å². The van der Waals surface area contributed by atoms with Gasteiger partial charge in [-0.15, -0.1) is 0 Å². The third-order valence-electron chi connectivity index (χ3n) is 5.11. The van der Waals surface area contributed by atoms with E-state index in [1.165, 1.54) is 16.8 Å². The predicted molar refractivity (Wildman–Crippen MR) is 99.9 cm³/mol. The van der Waals surface area contributed by atoms with E-state index in [4.69, 9.17) is 9.47 Å². The first kappa shape index (κ1) is 19.6. The normalized spacial score (nSPS) is 33.4. The molecule has 3 heterocycles. The van der Waals surface area contributed by atoms with Crippen LogP contribution in [-0.2, 0) is 27.1 Å². The van der Waals surface area contributed by atoms with Crippen LogP contribution in [0.2, 0.25) is 0 Å². The van der Waals surface area contributed by atoms with Crippen molar-refractivity contribution in [2.45, 2.75) is 69.9 Å². The maximum Gasteiger partial charge on any atom is 0.330 e. The number of allylic oxidation sites excluding steroid dienone is 3. The Kier molecular flexibility index (Phi) is 6.01. The van der Waals surface area contributed by atoms with Crippen LogP contribution in [0.15, 0.2) is 34.8 Å². The zero-order valence-electron chi connectivity index (χ0n) is 15.9. The van der Waals surface area contributed by atoms with Gasteiger partial charge in [-0.25, -0.2) is 9.59 Å². The molecule has 2 bridgehead atoms. The Morgan fingerprint density at radius 3 is 2.78 bits per heavy atom. The monoisotopic (exact) mass is 376 g/mol. The molecule has 1 aromatic heterocycles. The number of fused-ring (bicyclic) bond motifs is 2. The molecule has 3 rings (SSSR count). The molecule has 0 spiro atoms. The number of nitrogens with one attached hydrogen (secondary N) is 1. The van der Waals surface area contributed by atoms with Crippen molar-refractivity contribution < 1.29 is 19.4 Å². The number of imidazole rings is 1. The summed E-state index contributed by atoms with van der Waals surface area (Å²) in [5, 5.41) is 11.1. The highest BCUT2D eigenvalue weighted by Gasteiger charge is 2.44. The van der Waals surface area contributed by atoms with Crippen molar-refractivity contribution in [3.8, 4) is 0 Å². The van der Waals surface area contributed by atoms with Gasteiger partial charge in [0, 0.05) is 32.2 Å². The summed E-state index contributed by atoms with van der Waals surface area (Å²) >= 11 is 0. The van der Waals surface area contributed by atoms with Crippen molar-refractivity contribution in [3.63, 3.8) is 0 Å². The van der Waals surface area contributed by atoms with Gasteiger partial charge in [-0.2, -0.15) is 0 Å². The first-order valence-electron chi connectivity index (χ1n) is 9.55. The summed E-state index contributed by atoms with van der Waals surface area (Å²) in [5.74, 6) is -2.08. The number of aliphatic hydroxyl groups is 1. The Hall–Kier alpha value is -2.12. The lowest BCUT2D eigenvalue weighted by atomic mass is 9.93. The topological polar surface area (TPSA) is 93.6 Å². The quantitative estimate of drug-likeness (QED) is 0.580. The zero-order valence-corrected chi connectivity index (χ0v) is 15.9. The summed E-state index contributed by atoms with van der Waals surface area (Å²) < 4.78 is 12.9. The smallest absolute Gasteiger partial charge is 0.330 e. The van der Waals surface area contributed by atoms with E-state index in [2.05, 4.69) is 17.1 Å². The molecule has 2 aliphatic heterocycles. The van der Waals surface area contributed by atoms with Crippen molar-refractivity contribution in [3.05, 3.63) is 46.2 Å². The van der Waals surface area contributed by atoms with E-state index in [0.717, 1.165) is 37.7 Å². The van der Waals surface area contributed by atoms with E-state index < -0.39 is 17.9 Å². The van der Waals surface area contributed by atoms with Crippen LogP contribution in [0.4, 0.5) is 0 Å². The molecule has 2 N–H and O–H groups in total. The number of carbonyl (C=O) groups excluding carboxylic acids is 1. The van der Waals surface area contributed by atoms with Gasteiger partial charge in [0.05, 0.1) is 11.8 Å². The number of esters is 1. The maximum absolute atomic E-state index is 12.3. The number of aromatic amines is 1. The van der Waals surface area contributed by atoms with Crippen LogP contribution >= 0.6 is 0 Å². The van der Waals surface area contributed by atoms with Crippen LogP contribution in [0.25, 0.3) is 0 Å². The summed E-state index contributed by atoms with van der Waals surface area (Å²) in [6, 6.07) is 0. The van der Waals surface area contributed by atoms with Crippen LogP contribution < -0.4 is 5.69 Å². The molecule has 2 unspecified atom stereocenters. The number of rotatable bonds is 1. The van der Waals surface area contributed by atoms with Gasteiger partial charge in [-0.1, -0.05) is 17.7 Å². The molecule has 0 aliphatic carbocycles. The van der Waals surface area contributed by atoms with E-state index in [0.29, 0.717) is 6.42 Å². The lowest BCUT2D eigenvalue weighted by Gasteiger charge is -2.40. The molecule has 27 heavy (non-hydrogen) atoms. The fourth-order valence-corrected chi connectivity index (χ4v) is 3.67. The average molecular weight is 376 g/mol. The van der Waals surface area contributed by atoms with E-state index in [-0.39, 0.29) is 23.9 Å². The van der Waals surface area contributed by atoms with Gasteiger partial charge in [0.15, 0.2) is 0 Å². The lowest BCUT2D eigenvalue weighted by Crippen LogP contribution is -2.45. The molecule has 1 fully saturated rings. The highest BCUT2D eigenvalue weighted by atomic mass is 16.6. The molecule has 148 valence electrons. The SMILES string of the molecule is C/C1=C/C(=O)O[C@@H]2CC(CCC/C=C\CC1)OC(O)(c1cn(C)c(=O)[nH]1)C2. The Labute approximate surface area is 158 Å². The number of nitrogens with zero attached hydrogens (tertiary/aromatic N) is 1. The molecule has 0 aromatic carbocycles. The Balaban J connectivity index is 1.84. The van der Waals surface area contributed by atoms with Gasteiger partial charge >= 0.3 is 11.7 Å². The van der Waals surface area contributed by atoms with Gasteiger partial charge in [0.25, 0.3) is 0 Å². The molecule has 1 aromatic rings. The number of H-pyrrole nitrogens is 1. The Morgan fingerprint density at radius 2 is 2.04 bits per heavy atom. The van der Waals surface area contributed by atoms with Crippen molar-refractivity contribution in [1.29, 1.82) is 0 Å². The van der Waals surface area contributed by atoms with Gasteiger partial charge in [-0.3, -0.25) is 0 Å². The molecule has 3 atom stereocenters. The molecular weight excluding hydrogens is 348 g/mol. The fraction of sp³-hybridized carbons (Fsp3) is 0.600. The van der Waals surface area contributed by atoms with Crippen LogP contribution in [0, 0.1) is 0 Å².